The fraction of sp³-hybridized carbons (Fsp3) is 0.182. The number of rotatable bonds is 3. The van der Waals surface area contributed by atoms with Crippen molar-refractivity contribution in [2.45, 2.75) is 26.8 Å². The summed E-state index contributed by atoms with van der Waals surface area (Å²) in [6.07, 6.45) is 0. The molecule has 4 rings (SSSR count). The molecule has 136 valence electrons. The molecule has 1 atom stereocenters. The van der Waals surface area contributed by atoms with E-state index >= 15 is 0 Å². The first kappa shape index (κ1) is 17.6. The van der Waals surface area contributed by atoms with Crippen LogP contribution in [-0.2, 0) is 0 Å². The fourth-order valence-corrected chi connectivity index (χ4v) is 3.72. The standard InChI is InChI=1S/C22H20ClN3O/c1-13-14(2)26(15(3)16-7-5-4-6-8-16)21-19(13)22(27)25-20(24-21)17-9-11-18(23)12-10-17/h4-12,15H,1-3H3,(H,24,25,27)/t15-/m1/s1. The number of benzene rings is 2. The first-order valence-corrected chi connectivity index (χ1v) is 9.27. The number of nitrogens with one attached hydrogen (secondary N) is 1. The number of nitrogens with zero attached hydrogens (tertiary/aromatic N) is 2. The Bertz CT molecular complexity index is 1170. The highest BCUT2D eigenvalue weighted by molar-refractivity contribution is 6.30. The van der Waals surface area contributed by atoms with Crippen molar-refractivity contribution < 1.29 is 0 Å². The highest BCUT2D eigenvalue weighted by Gasteiger charge is 2.21. The zero-order valence-electron chi connectivity index (χ0n) is 15.5. The van der Waals surface area contributed by atoms with Crippen LogP contribution in [0, 0.1) is 13.8 Å². The van der Waals surface area contributed by atoms with Crippen LogP contribution in [0.4, 0.5) is 0 Å². The van der Waals surface area contributed by atoms with Crippen LogP contribution in [-0.4, -0.2) is 14.5 Å². The van der Waals surface area contributed by atoms with Gasteiger partial charge in [0.1, 0.15) is 11.5 Å². The van der Waals surface area contributed by atoms with Crippen molar-refractivity contribution in [3.05, 3.63) is 86.8 Å². The summed E-state index contributed by atoms with van der Waals surface area (Å²) in [6, 6.07) is 17.6. The third kappa shape index (κ3) is 2.96. The van der Waals surface area contributed by atoms with Crippen molar-refractivity contribution in [3.63, 3.8) is 0 Å². The van der Waals surface area contributed by atoms with E-state index in [0.717, 1.165) is 16.8 Å². The van der Waals surface area contributed by atoms with E-state index < -0.39 is 0 Å². The van der Waals surface area contributed by atoms with Gasteiger partial charge < -0.3 is 9.55 Å². The van der Waals surface area contributed by atoms with E-state index in [0.29, 0.717) is 21.9 Å². The van der Waals surface area contributed by atoms with E-state index in [1.807, 2.05) is 44.2 Å². The Kier molecular flexibility index (Phi) is 4.36. The Morgan fingerprint density at radius 2 is 1.70 bits per heavy atom. The minimum absolute atomic E-state index is 0.0646. The number of aryl methyl sites for hydroxylation is 1. The third-order valence-electron chi connectivity index (χ3n) is 5.19. The second kappa shape index (κ2) is 6.71. The van der Waals surface area contributed by atoms with Gasteiger partial charge in [-0.05, 0) is 56.2 Å². The van der Waals surface area contributed by atoms with Crippen LogP contribution in [0.15, 0.2) is 59.4 Å². The van der Waals surface area contributed by atoms with Crippen molar-refractivity contribution in [1.29, 1.82) is 0 Å². The molecule has 0 amide bonds. The summed E-state index contributed by atoms with van der Waals surface area (Å²) in [7, 11) is 0. The maximum Gasteiger partial charge on any atom is 0.260 e. The zero-order valence-corrected chi connectivity index (χ0v) is 16.2. The van der Waals surface area contributed by atoms with Crippen LogP contribution in [0.25, 0.3) is 22.4 Å². The Labute approximate surface area is 162 Å². The lowest BCUT2D eigenvalue weighted by atomic mass is 10.1. The summed E-state index contributed by atoms with van der Waals surface area (Å²) in [5, 5.41) is 1.29. The Hall–Kier alpha value is -2.85. The summed E-state index contributed by atoms with van der Waals surface area (Å²) in [4.78, 5) is 20.6. The van der Waals surface area contributed by atoms with Gasteiger partial charge in [0.05, 0.1) is 11.4 Å². The monoisotopic (exact) mass is 377 g/mol. The Balaban J connectivity index is 1.98. The van der Waals surface area contributed by atoms with Crippen molar-refractivity contribution in [2.24, 2.45) is 0 Å². The zero-order chi connectivity index (χ0) is 19.1. The normalized spacial score (nSPS) is 12.4. The van der Waals surface area contributed by atoms with Gasteiger partial charge >= 0.3 is 0 Å². The van der Waals surface area contributed by atoms with Crippen LogP contribution in [0.1, 0.15) is 29.8 Å². The summed E-state index contributed by atoms with van der Waals surface area (Å²) in [5.74, 6) is 0.545. The van der Waals surface area contributed by atoms with E-state index in [2.05, 4.69) is 28.6 Å². The predicted octanol–water partition coefficient (Wildman–Crippen LogP) is 5.27. The fourth-order valence-electron chi connectivity index (χ4n) is 3.59. The van der Waals surface area contributed by atoms with Crippen molar-refractivity contribution >= 4 is 22.6 Å². The molecule has 0 unspecified atom stereocenters. The van der Waals surface area contributed by atoms with Crippen LogP contribution < -0.4 is 5.56 Å². The molecule has 0 fully saturated rings. The number of aromatic amines is 1. The quantitative estimate of drug-likeness (QED) is 0.528. The van der Waals surface area contributed by atoms with Gasteiger partial charge in [-0.2, -0.15) is 0 Å². The average molecular weight is 378 g/mol. The number of hydrogen-bond donors (Lipinski definition) is 1. The van der Waals surface area contributed by atoms with Gasteiger partial charge in [-0.1, -0.05) is 41.9 Å². The molecule has 4 aromatic rings. The number of halogens is 1. The second-order valence-corrected chi connectivity index (χ2v) is 7.22. The molecule has 0 aliphatic rings. The Morgan fingerprint density at radius 3 is 2.37 bits per heavy atom. The van der Waals surface area contributed by atoms with Crippen molar-refractivity contribution in [1.82, 2.24) is 14.5 Å². The molecule has 0 saturated carbocycles. The van der Waals surface area contributed by atoms with Crippen LogP contribution in [0.2, 0.25) is 5.02 Å². The van der Waals surface area contributed by atoms with Crippen molar-refractivity contribution in [2.75, 3.05) is 0 Å². The third-order valence-corrected chi connectivity index (χ3v) is 5.45. The average Bonchev–Trinajstić information content (AvgIpc) is 2.93. The second-order valence-electron chi connectivity index (χ2n) is 6.79. The topological polar surface area (TPSA) is 50.7 Å². The van der Waals surface area contributed by atoms with E-state index in [-0.39, 0.29) is 11.6 Å². The molecule has 2 aromatic carbocycles. The molecule has 0 aliphatic carbocycles. The molecule has 2 aromatic heterocycles. The van der Waals surface area contributed by atoms with Crippen LogP contribution in [0.5, 0.6) is 0 Å². The molecular formula is C22H20ClN3O. The van der Waals surface area contributed by atoms with E-state index in [1.165, 1.54) is 5.56 Å². The first-order chi connectivity index (χ1) is 13.0. The van der Waals surface area contributed by atoms with Gasteiger partial charge in [-0.15, -0.1) is 0 Å². The molecule has 0 aliphatic heterocycles. The number of H-pyrrole nitrogens is 1. The molecule has 1 N–H and O–H groups in total. The largest absolute Gasteiger partial charge is 0.322 e. The SMILES string of the molecule is Cc1c(C)n([C@H](C)c2ccccc2)c2nc(-c3ccc(Cl)cc3)[nH]c(=O)c12. The lowest BCUT2D eigenvalue weighted by molar-refractivity contribution is 0.639. The van der Waals surface area contributed by atoms with Crippen LogP contribution in [0.3, 0.4) is 0 Å². The molecule has 2 heterocycles. The first-order valence-electron chi connectivity index (χ1n) is 8.89. The number of fused-ring (bicyclic) bond motifs is 1. The highest BCUT2D eigenvalue weighted by Crippen LogP contribution is 2.29. The molecule has 27 heavy (non-hydrogen) atoms. The van der Waals surface area contributed by atoms with Gasteiger partial charge in [0.15, 0.2) is 0 Å². The molecule has 5 heteroatoms. The van der Waals surface area contributed by atoms with E-state index in [9.17, 15) is 4.79 Å². The minimum atomic E-state index is -0.121. The van der Waals surface area contributed by atoms with E-state index in [1.54, 1.807) is 12.1 Å². The molecule has 0 radical (unpaired) electrons. The van der Waals surface area contributed by atoms with Gasteiger partial charge in [0.25, 0.3) is 5.56 Å². The lowest BCUT2D eigenvalue weighted by Crippen LogP contribution is -2.13. The van der Waals surface area contributed by atoms with Crippen LogP contribution >= 0.6 is 11.6 Å². The smallest absolute Gasteiger partial charge is 0.260 e. The lowest BCUT2D eigenvalue weighted by Gasteiger charge is -2.18. The van der Waals surface area contributed by atoms with Gasteiger partial charge in [-0.3, -0.25) is 4.79 Å². The molecule has 0 bridgehead atoms. The molecular weight excluding hydrogens is 358 g/mol. The van der Waals surface area contributed by atoms with Gasteiger partial charge in [0, 0.05) is 16.3 Å². The number of hydrogen-bond acceptors (Lipinski definition) is 2. The summed E-state index contributed by atoms with van der Waals surface area (Å²) in [6.45, 7) is 6.15. The maximum absolute atomic E-state index is 12.9. The molecule has 4 nitrogen and oxygen atoms in total. The predicted molar refractivity (Wildman–Crippen MR) is 111 cm³/mol. The van der Waals surface area contributed by atoms with Gasteiger partial charge in [-0.25, -0.2) is 4.98 Å². The van der Waals surface area contributed by atoms with E-state index in [4.69, 9.17) is 16.6 Å². The van der Waals surface area contributed by atoms with Gasteiger partial charge in [0.2, 0.25) is 0 Å². The minimum Gasteiger partial charge on any atom is -0.322 e. The summed E-state index contributed by atoms with van der Waals surface area (Å²) < 4.78 is 2.15. The highest BCUT2D eigenvalue weighted by atomic mass is 35.5. The molecule has 0 spiro atoms. The van der Waals surface area contributed by atoms with Crippen molar-refractivity contribution in [3.8, 4) is 11.4 Å². The maximum atomic E-state index is 12.9. The molecule has 0 saturated heterocycles. The Morgan fingerprint density at radius 1 is 1.04 bits per heavy atom. The summed E-state index contributed by atoms with van der Waals surface area (Å²) >= 11 is 5.99. The summed E-state index contributed by atoms with van der Waals surface area (Å²) in [5.41, 5.74) is 4.60. The number of aromatic nitrogens is 3.